The number of hydrogen-bond acceptors (Lipinski definition) is 12. The van der Waals surface area contributed by atoms with E-state index in [1.807, 2.05) is 0 Å². The number of rotatable bonds is 77. The van der Waals surface area contributed by atoms with Crippen LogP contribution in [-0.4, -0.2) is 74.5 Å². The molecular weight excluding hydrogens is 1200 g/mol. The fourth-order valence-electron chi connectivity index (χ4n) is 12.3. The van der Waals surface area contributed by atoms with Crippen LogP contribution in [0.3, 0.4) is 0 Å². The zero-order chi connectivity index (χ0) is 69.8. The summed E-state index contributed by atoms with van der Waals surface area (Å²) in [5, 5.41) is 0. The molecule has 0 aliphatic rings. The zero-order valence-corrected chi connectivity index (χ0v) is 63.4. The van der Waals surface area contributed by atoms with Crippen LogP contribution < -0.4 is 0 Å². The van der Waals surface area contributed by atoms with Gasteiger partial charge in [0, 0.05) is 38.5 Å². The molecule has 0 aromatic carbocycles. The first kappa shape index (κ1) is 92.3. The van der Waals surface area contributed by atoms with Gasteiger partial charge in [-0.15, -0.1) is 0 Å². The Morgan fingerprint density at radius 1 is 0.198 bits per heavy atom. The molecule has 0 fully saturated rings. The molecule has 12 heteroatoms. The van der Waals surface area contributed by atoms with Gasteiger partial charge in [-0.3, -0.25) is 28.8 Å². The second-order valence-corrected chi connectivity index (χ2v) is 28.2. The normalized spacial score (nSPS) is 12.2. The van der Waals surface area contributed by atoms with Crippen molar-refractivity contribution in [1.82, 2.24) is 0 Å². The third-order valence-corrected chi connectivity index (χ3v) is 18.6. The molecule has 0 amide bonds. The topological polar surface area (TPSA) is 158 Å². The van der Waals surface area contributed by atoms with Gasteiger partial charge >= 0.3 is 35.8 Å². The van der Waals surface area contributed by atoms with E-state index in [2.05, 4.69) is 52.0 Å². The van der Waals surface area contributed by atoms with E-state index < -0.39 is 24.1 Å². The third-order valence-electron chi connectivity index (χ3n) is 18.6. The van der Waals surface area contributed by atoms with E-state index in [0.29, 0.717) is 25.7 Å². The molecule has 0 aromatic heterocycles. The minimum atomic E-state index is -0.965. The summed E-state index contributed by atoms with van der Waals surface area (Å²) in [4.78, 5) is 78.0. The van der Waals surface area contributed by atoms with Crippen LogP contribution in [0.2, 0.25) is 0 Å². The van der Waals surface area contributed by atoms with Crippen molar-refractivity contribution >= 4 is 35.8 Å². The Bertz CT molecular complexity index is 1650. The Morgan fingerprint density at radius 3 is 0.531 bits per heavy atom. The molecule has 0 heterocycles. The monoisotopic (exact) mass is 1360 g/mol. The molecule has 96 heavy (non-hydrogen) atoms. The SMILES string of the molecule is CCCCCCCCC=CCCCCCCCC(=O)OCC(COC(=O)CCCCCCCCCCCCCCCCC)OC(=O)CCCCC(=O)OC(COC(=O)CCCCCCCC=CCCCCCCCC)COC(=O)CCCCCCCCCCCCCCCCC. The highest BCUT2D eigenvalue weighted by Crippen LogP contribution is 2.19. The number of hydrogen-bond donors (Lipinski definition) is 0. The number of carbonyl (C=O) groups excluding carboxylic acids is 6. The van der Waals surface area contributed by atoms with Crippen LogP contribution in [0.25, 0.3) is 0 Å². The summed E-state index contributed by atoms with van der Waals surface area (Å²) in [6.45, 7) is 8.15. The molecular formula is C84H154O12. The van der Waals surface area contributed by atoms with Crippen LogP contribution in [0.15, 0.2) is 24.3 Å². The number of ether oxygens (including phenoxy) is 6. The van der Waals surface area contributed by atoms with Gasteiger partial charge in [-0.1, -0.05) is 335 Å². The highest BCUT2D eigenvalue weighted by molar-refractivity contribution is 5.72. The maximum absolute atomic E-state index is 13.2. The quantitative estimate of drug-likeness (QED) is 0.0246. The fourth-order valence-corrected chi connectivity index (χ4v) is 12.3. The smallest absolute Gasteiger partial charge is 0.306 e. The average molecular weight is 1360 g/mol. The summed E-state index contributed by atoms with van der Waals surface area (Å²) >= 11 is 0. The van der Waals surface area contributed by atoms with Crippen molar-refractivity contribution in [2.75, 3.05) is 26.4 Å². The van der Waals surface area contributed by atoms with Crippen molar-refractivity contribution in [2.24, 2.45) is 0 Å². The molecule has 0 saturated heterocycles. The predicted octanol–water partition coefficient (Wildman–Crippen LogP) is 25.1. The third kappa shape index (κ3) is 73.0. The first-order valence-electron chi connectivity index (χ1n) is 41.5. The highest BCUT2D eigenvalue weighted by atomic mass is 16.6. The summed E-state index contributed by atoms with van der Waals surface area (Å²) in [5.74, 6) is -2.61. The van der Waals surface area contributed by atoms with Crippen LogP contribution in [0.1, 0.15) is 439 Å². The predicted molar refractivity (Wildman–Crippen MR) is 400 cm³/mol. The van der Waals surface area contributed by atoms with Gasteiger partial charge in [0.15, 0.2) is 12.2 Å². The van der Waals surface area contributed by atoms with Crippen molar-refractivity contribution in [3.63, 3.8) is 0 Å². The lowest BCUT2D eigenvalue weighted by molar-refractivity contribution is -0.167. The van der Waals surface area contributed by atoms with Gasteiger partial charge in [-0.05, 0) is 89.9 Å². The fraction of sp³-hybridized carbons (Fsp3) is 0.881. The minimum Gasteiger partial charge on any atom is -0.462 e. The molecule has 12 nitrogen and oxygen atoms in total. The molecule has 0 bridgehead atoms. The van der Waals surface area contributed by atoms with Crippen molar-refractivity contribution in [3.05, 3.63) is 24.3 Å². The number of esters is 6. The largest absolute Gasteiger partial charge is 0.462 e. The maximum atomic E-state index is 13.2. The number of unbranched alkanes of at least 4 members (excludes halogenated alkanes) is 51. The van der Waals surface area contributed by atoms with E-state index >= 15 is 0 Å². The molecule has 0 radical (unpaired) electrons. The lowest BCUT2D eigenvalue weighted by atomic mass is 10.0. The van der Waals surface area contributed by atoms with Gasteiger partial charge in [0.25, 0.3) is 0 Å². The summed E-state index contributed by atoms with van der Waals surface area (Å²) in [6, 6.07) is 0. The van der Waals surface area contributed by atoms with E-state index in [4.69, 9.17) is 28.4 Å². The van der Waals surface area contributed by atoms with E-state index in [9.17, 15) is 28.8 Å². The van der Waals surface area contributed by atoms with E-state index in [1.165, 1.54) is 244 Å². The molecule has 2 unspecified atom stereocenters. The van der Waals surface area contributed by atoms with Crippen LogP contribution >= 0.6 is 0 Å². The van der Waals surface area contributed by atoms with E-state index in [0.717, 1.165) is 103 Å². The minimum absolute atomic E-state index is 0.0198. The van der Waals surface area contributed by atoms with E-state index in [1.54, 1.807) is 0 Å². The molecule has 0 aromatic rings. The molecule has 0 N–H and O–H groups in total. The summed E-state index contributed by atoms with van der Waals surface area (Å²) in [7, 11) is 0. The second kappa shape index (κ2) is 77.0. The van der Waals surface area contributed by atoms with Crippen LogP contribution in [0.4, 0.5) is 0 Å². The molecule has 0 aliphatic heterocycles. The van der Waals surface area contributed by atoms with Gasteiger partial charge in [-0.25, -0.2) is 0 Å². The average Bonchev–Trinajstić information content (AvgIpc) is 2.34. The van der Waals surface area contributed by atoms with Crippen molar-refractivity contribution < 1.29 is 57.2 Å². The molecule has 562 valence electrons. The molecule has 0 rings (SSSR count). The first-order valence-corrected chi connectivity index (χ1v) is 41.5. The molecule has 2 atom stereocenters. The van der Waals surface area contributed by atoms with Crippen LogP contribution in [0.5, 0.6) is 0 Å². The Labute approximate surface area is 591 Å². The van der Waals surface area contributed by atoms with Gasteiger partial charge in [0.2, 0.25) is 0 Å². The van der Waals surface area contributed by atoms with Crippen LogP contribution in [0, 0.1) is 0 Å². The standard InChI is InChI=1S/C84H154O12/c1-5-9-13-17-21-25-29-33-37-41-45-49-53-57-61-67-79(85)91-73-77(74-92-80(86)68-62-58-54-50-46-42-38-34-30-26-22-18-14-10-6-2)95-83(89)71-65-66-72-84(90)96-78(75-93-81(87)69-63-59-55-51-47-43-39-35-31-27-23-19-15-11-7-3)76-94-82(88)70-64-60-56-52-48-44-40-36-32-28-24-20-16-12-8-4/h33,35,37,39,77-78H,5-32,34,36,38,40-76H2,1-4H3. The zero-order valence-electron chi connectivity index (χ0n) is 63.4. The lowest BCUT2D eigenvalue weighted by Gasteiger charge is -2.19. The van der Waals surface area contributed by atoms with Gasteiger partial charge in [0.05, 0.1) is 0 Å². The van der Waals surface area contributed by atoms with Crippen LogP contribution in [-0.2, 0) is 57.2 Å². The summed E-state index contributed by atoms with van der Waals surface area (Å²) in [6.07, 6.45) is 76.3. The molecule has 0 aliphatic carbocycles. The summed E-state index contributed by atoms with van der Waals surface area (Å²) in [5.41, 5.74) is 0. The Kier molecular flexibility index (Phi) is 74.1. The lowest BCUT2D eigenvalue weighted by Crippen LogP contribution is -2.31. The van der Waals surface area contributed by atoms with E-state index in [-0.39, 0.29) is 88.8 Å². The molecule has 0 saturated carbocycles. The van der Waals surface area contributed by atoms with Gasteiger partial charge in [0.1, 0.15) is 26.4 Å². The Hall–Kier alpha value is -3.70. The first-order chi connectivity index (χ1) is 47.1. The Balaban J connectivity index is 5.18. The van der Waals surface area contributed by atoms with Gasteiger partial charge in [-0.2, -0.15) is 0 Å². The number of carbonyl (C=O) groups is 6. The van der Waals surface area contributed by atoms with Crippen molar-refractivity contribution in [2.45, 2.75) is 451 Å². The van der Waals surface area contributed by atoms with Crippen molar-refractivity contribution in [3.8, 4) is 0 Å². The summed E-state index contributed by atoms with van der Waals surface area (Å²) < 4.78 is 33.9. The Morgan fingerprint density at radius 2 is 0.344 bits per heavy atom. The molecule has 0 spiro atoms. The van der Waals surface area contributed by atoms with Crippen molar-refractivity contribution in [1.29, 1.82) is 0 Å². The number of allylic oxidation sites excluding steroid dienone is 4. The highest BCUT2D eigenvalue weighted by Gasteiger charge is 2.22. The maximum Gasteiger partial charge on any atom is 0.306 e. The van der Waals surface area contributed by atoms with Gasteiger partial charge < -0.3 is 28.4 Å². The second-order valence-electron chi connectivity index (χ2n) is 28.2.